The summed E-state index contributed by atoms with van der Waals surface area (Å²) >= 11 is 5.92. The van der Waals surface area contributed by atoms with Crippen molar-refractivity contribution in [3.8, 4) is 16.9 Å². The van der Waals surface area contributed by atoms with Crippen molar-refractivity contribution in [2.75, 3.05) is 7.11 Å². The molecule has 0 fully saturated rings. The third-order valence-electron chi connectivity index (χ3n) is 2.42. The minimum absolute atomic E-state index is 0.425. The van der Waals surface area contributed by atoms with Crippen molar-refractivity contribution >= 4 is 11.6 Å². The molecule has 16 heavy (non-hydrogen) atoms. The van der Waals surface area contributed by atoms with Gasteiger partial charge in [-0.25, -0.2) is 0 Å². The molecular formula is C13H12ClNO. The monoisotopic (exact) mass is 233 g/mol. The van der Waals surface area contributed by atoms with Crippen LogP contribution in [-0.2, 0) is 5.88 Å². The average molecular weight is 234 g/mol. The van der Waals surface area contributed by atoms with Crippen molar-refractivity contribution in [3.05, 3.63) is 48.3 Å². The number of alkyl halides is 1. The molecular weight excluding hydrogens is 222 g/mol. The van der Waals surface area contributed by atoms with E-state index in [0.717, 1.165) is 22.4 Å². The summed E-state index contributed by atoms with van der Waals surface area (Å²) in [5.41, 5.74) is 3.10. The number of ether oxygens (including phenoxy) is 1. The number of halogens is 1. The maximum atomic E-state index is 5.92. The molecule has 2 rings (SSSR count). The van der Waals surface area contributed by atoms with Crippen LogP contribution in [0.5, 0.6) is 5.75 Å². The van der Waals surface area contributed by atoms with Gasteiger partial charge in [-0.2, -0.15) is 0 Å². The van der Waals surface area contributed by atoms with E-state index in [9.17, 15) is 0 Å². The van der Waals surface area contributed by atoms with Gasteiger partial charge in [0.1, 0.15) is 5.75 Å². The van der Waals surface area contributed by atoms with E-state index in [4.69, 9.17) is 16.3 Å². The molecule has 0 saturated heterocycles. The minimum atomic E-state index is 0.425. The van der Waals surface area contributed by atoms with Gasteiger partial charge in [-0.05, 0) is 11.1 Å². The van der Waals surface area contributed by atoms with Crippen LogP contribution in [0.2, 0.25) is 0 Å². The Labute approximate surface area is 99.9 Å². The number of hydrogen-bond acceptors (Lipinski definition) is 2. The number of aromatic nitrogens is 1. The fraction of sp³-hybridized carbons (Fsp3) is 0.154. The van der Waals surface area contributed by atoms with Crippen LogP contribution in [0, 0.1) is 0 Å². The normalized spacial score (nSPS) is 10.1. The van der Waals surface area contributed by atoms with E-state index in [1.54, 1.807) is 19.5 Å². The Morgan fingerprint density at radius 2 is 1.94 bits per heavy atom. The molecule has 2 nitrogen and oxygen atoms in total. The van der Waals surface area contributed by atoms with Gasteiger partial charge in [0.05, 0.1) is 13.3 Å². The number of rotatable bonds is 3. The largest absolute Gasteiger partial charge is 0.494 e. The van der Waals surface area contributed by atoms with Crippen molar-refractivity contribution in [2.24, 2.45) is 0 Å². The Bertz CT molecular complexity index is 448. The predicted octanol–water partition coefficient (Wildman–Crippen LogP) is 3.50. The number of methoxy groups -OCH3 is 1. The predicted molar refractivity (Wildman–Crippen MR) is 65.8 cm³/mol. The van der Waals surface area contributed by atoms with Crippen molar-refractivity contribution in [2.45, 2.75) is 5.88 Å². The standard InChI is InChI=1S/C13H12ClNO/c1-16-12-9-15-8-11(7-14)13(12)10-5-3-2-4-6-10/h2-6,8-9H,7H2,1H3. The maximum absolute atomic E-state index is 5.92. The van der Waals surface area contributed by atoms with Gasteiger partial charge in [-0.3, -0.25) is 4.98 Å². The lowest BCUT2D eigenvalue weighted by atomic mass is 10.0. The summed E-state index contributed by atoms with van der Waals surface area (Å²) in [5, 5.41) is 0. The molecule has 0 N–H and O–H groups in total. The number of benzene rings is 1. The Morgan fingerprint density at radius 1 is 1.19 bits per heavy atom. The van der Waals surface area contributed by atoms with Gasteiger partial charge < -0.3 is 4.74 Å². The fourth-order valence-electron chi connectivity index (χ4n) is 1.67. The Morgan fingerprint density at radius 3 is 2.56 bits per heavy atom. The van der Waals surface area contributed by atoms with Gasteiger partial charge in [0, 0.05) is 17.6 Å². The molecule has 0 saturated carbocycles. The SMILES string of the molecule is COc1cncc(CCl)c1-c1ccccc1. The molecule has 1 aromatic heterocycles. The number of pyridine rings is 1. The van der Waals surface area contributed by atoms with E-state index in [-0.39, 0.29) is 0 Å². The van der Waals surface area contributed by atoms with Crippen molar-refractivity contribution in [1.29, 1.82) is 0 Å². The van der Waals surface area contributed by atoms with Gasteiger partial charge in [0.2, 0.25) is 0 Å². The smallest absolute Gasteiger partial charge is 0.145 e. The van der Waals surface area contributed by atoms with Crippen LogP contribution in [-0.4, -0.2) is 12.1 Å². The van der Waals surface area contributed by atoms with E-state index < -0.39 is 0 Å². The molecule has 0 atom stereocenters. The highest BCUT2D eigenvalue weighted by atomic mass is 35.5. The quantitative estimate of drug-likeness (QED) is 0.757. The molecule has 2 aromatic rings. The van der Waals surface area contributed by atoms with Crippen LogP contribution < -0.4 is 4.74 Å². The van der Waals surface area contributed by atoms with E-state index in [2.05, 4.69) is 4.98 Å². The molecule has 0 aliphatic rings. The number of nitrogens with zero attached hydrogens (tertiary/aromatic N) is 1. The molecule has 0 spiro atoms. The molecule has 82 valence electrons. The Kier molecular flexibility index (Phi) is 3.42. The zero-order chi connectivity index (χ0) is 11.4. The maximum Gasteiger partial charge on any atom is 0.145 e. The van der Waals surface area contributed by atoms with Crippen LogP contribution in [0.25, 0.3) is 11.1 Å². The molecule has 1 aromatic carbocycles. The highest BCUT2D eigenvalue weighted by Gasteiger charge is 2.10. The first kappa shape index (κ1) is 11.0. The average Bonchev–Trinajstić information content (AvgIpc) is 2.38. The highest BCUT2D eigenvalue weighted by Crippen LogP contribution is 2.32. The lowest BCUT2D eigenvalue weighted by Gasteiger charge is -2.11. The van der Waals surface area contributed by atoms with Gasteiger partial charge in [-0.1, -0.05) is 30.3 Å². The number of hydrogen-bond donors (Lipinski definition) is 0. The third-order valence-corrected chi connectivity index (χ3v) is 2.70. The molecule has 1 heterocycles. The van der Waals surface area contributed by atoms with Crippen LogP contribution in [0.1, 0.15) is 5.56 Å². The second-order valence-corrected chi connectivity index (χ2v) is 3.64. The lowest BCUT2D eigenvalue weighted by molar-refractivity contribution is 0.414. The molecule has 0 unspecified atom stereocenters. The van der Waals surface area contributed by atoms with E-state index in [1.165, 1.54) is 0 Å². The van der Waals surface area contributed by atoms with Crippen molar-refractivity contribution in [3.63, 3.8) is 0 Å². The van der Waals surface area contributed by atoms with Crippen molar-refractivity contribution < 1.29 is 4.74 Å². The van der Waals surface area contributed by atoms with Crippen molar-refractivity contribution in [1.82, 2.24) is 4.98 Å². The first-order valence-corrected chi connectivity index (χ1v) is 5.52. The molecule has 0 amide bonds. The fourth-order valence-corrected chi connectivity index (χ4v) is 1.87. The lowest BCUT2D eigenvalue weighted by Crippen LogP contribution is -1.94. The second kappa shape index (κ2) is 4.99. The summed E-state index contributed by atoms with van der Waals surface area (Å²) in [7, 11) is 1.64. The van der Waals surface area contributed by atoms with Gasteiger partial charge >= 0.3 is 0 Å². The summed E-state index contributed by atoms with van der Waals surface area (Å²) in [6.45, 7) is 0. The Balaban J connectivity index is 2.62. The minimum Gasteiger partial charge on any atom is -0.494 e. The highest BCUT2D eigenvalue weighted by molar-refractivity contribution is 6.17. The van der Waals surface area contributed by atoms with Crippen LogP contribution in [0.15, 0.2) is 42.7 Å². The molecule has 0 bridgehead atoms. The third kappa shape index (κ3) is 2.02. The summed E-state index contributed by atoms with van der Waals surface area (Å²) in [6.07, 6.45) is 3.48. The summed E-state index contributed by atoms with van der Waals surface area (Å²) < 4.78 is 5.32. The van der Waals surface area contributed by atoms with Crippen LogP contribution >= 0.6 is 11.6 Å². The topological polar surface area (TPSA) is 22.1 Å². The van der Waals surface area contributed by atoms with Crippen LogP contribution in [0.4, 0.5) is 0 Å². The molecule has 0 aliphatic carbocycles. The van der Waals surface area contributed by atoms with E-state index in [0.29, 0.717) is 5.88 Å². The first-order valence-electron chi connectivity index (χ1n) is 4.99. The van der Waals surface area contributed by atoms with Gasteiger partial charge in [-0.15, -0.1) is 11.6 Å². The zero-order valence-electron chi connectivity index (χ0n) is 8.98. The summed E-state index contributed by atoms with van der Waals surface area (Å²) in [6, 6.07) is 10.0. The summed E-state index contributed by atoms with van der Waals surface area (Å²) in [5.74, 6) is 1.18. The van der Waals surface area contributed by atoms with E-state index in [1.807, 2.05) is 30.3 Å². The summed E-state index contributed by atoms with van der Waals surface area (Å²) in [4.78, 5) is 4.10. The van der Waals surface area contributed by atoms with E-state index >= 15 is 0 Å². The van der Waals surface area contributed by atoms with Gasteiger partial charge in [0.15, 0.2) is 0 Å². The molecule has 0 aliphatic heterocycles. The Hall–Kier alpha value is -1.54. The van der Waals surface area contributed by atoms with Crippen LogP contribution in [0.3, 0.4) is 0 Å². The molecule has 0 radical (unpaired) electrons. The second-order valence-electron chi connectivity index (χ2n) is 3.38. The first-order chi connectivity index (χ1) is 7.86. The molecule has 3 heteroatoms. The zero-order valence-corrected chi connectivity index (χ0v) is 9.74. The van der Waals surface area contributed by atoms with Gasteiger partial charge in [0.25, 0.3) is 0 Å².